The van der Waals surface area contributed by atoms with Crippen LogP contribution in [0.5, 0.6) is 0 Å². The van der Waals surface area contributed by atoms with E-state index in [1.165, 1.54) is 0 Å². The van der Waals surface area contributed by atoms with Crippen LogP contribution in [0.4, 0.5) is 8.78 Å². The maximum Gasteiger partial charge on any atom is 0.269 e. The number of hydrogen-bond acceptors (Lipinski definition) is 2. The molecule has 0 aliphatic rings. The smallest absolute Gasteiger partial charge is 0.214 e. The summed E-state index contributed by atoms with van der Waals surface area (Å²) in [6, 6.07) is 0. The molecule has 2 nitrogen and oxygen atoms in total. The van der Waals surface area contributed by atoms with E-state index in [9.17, 15) is 8.78 Å². The second-order valence-corrected chi connectivity index (χ2v) is 2.15. The molecule has 0 aromatic carbocycles. The predicted molar refractivity (Wildman–Crippen MR) is 41.5 cm³/mol. The molecular formula is C8H8F2N2. The lowest BCUT2D eigenvalue weighted by Crippen LogP contribution is -2.33. The Labute approximate surface area is 68.3 Å². The predicted octanol–water partition coefficient (Wildman–Crippen LogP) is 0.356. The molecule has 0 fully saturated rings. The lowest BCUT2D eigenvalue weighted by atomic mass is 10.4. The van der Waals surface area contributed by atoms with Crippen LogP contribution in [0.3, 0.4) is 0 Å². The van der Waals surface area contributed by atoms with E-state index in [4.69, 9.17) is 0 Å². The summed E-state index contributed by atoms with van der Waals surface area (Å²) in [7, 11) is 0. The van der Waals surface area contributed by atoms with Crippen LogP contribution in [-0.2, 0) is 0 Å². The lowest BCUT2D eigenvalue weighted by Gasteiger charge is -1.91. The number of aromatic nitrogens is 2. The Kier molecular flexibility index (Phi) is 2.47. The van der Waals surface area contributed by atoms with E-state index in [-0.39, 0.29) is 0 Å². The maximum absolute atomic E-state index is 12.5. The molecule has 1 rings (SSSR count). The summed E-state index contributed by atoms with van der Waals surface area (Å²) in [5.41, 5.74) is 0. The van der Waals surface area contributed by atoms with Gasteiger partial charge in [0.15, 0.2) is 0 Å². The van der Waals surface area contributed by atoms with E-state index in [1.807, 2.05) is 0 Å². The summed E-state index contributed by atoms with van der Waals surface area (Å²) in [5.74, 6) is -2.32. The van der Waals surface area contributed by atoms with E-state index in [0.717, 1.165) is 0 Å². The minimum Gasteiger partial charge on any atom is -0.214 e. The van der Waals surface area contributed by atoms with E-state index >= 15 is 0 Å². The summed E-state index contributed by atoms with van der Waals surface area (Å²) in [6.07, 6.45) is 3.15. The molecule has 0 spiro atoms. The normalized spacial score (nSPS) is 14.0. The largest absolute Gasteiger partial charge is 0.269 e. The van der Waals surface area contributed by atoms with Crippen molar-refractivity contribution in [3.63, 3.8) is 0 Å². The Hall–Kier alpha value is -1.32. The number of halogens is 2. The zero-order chi connectivity index (χ0) is 9.14. The summed E-state index contributed by atoms with van der Waals surface area (Å²) >= 11 is 0. The van der Waals surface area contributed by atoms with Crippen LogP contribution in [0.25, 0.3) is 12.2 Å². The van der Waals surface area contributed by atoms with Gasteiger partial charge in [0.2, 0.25) is 0 Å². The topological polar surface area (TPSA) is 25.8 Å². The first-order chi connectivity index (χ1) is 5.69. The van der Waals surface area contributed by atoms with Crippen molar-refractivity contribution in [1.29, 1.82) is 0 Å². The molecule has 0 aliphatic heterocycles. The Morgan fingerprint density at radius 2 is 1.25 bits per heavy atom. The summed E-state index contributed by atoms with van der Waals surface area (Å²) in [5, 5.41) is 0.716. The highest BCUT2D eigenvalue weighted by atomic mass is 19.2. The molecule has 0 saturated carbocycles. The minimum atomic E-state index is -1.16. The van der Waals surface area contributed by atoms with Crippen molar-refractivity contribution in [2.24, 2.45) is 0 Å². The van der Waals surface area contributed by atoms with Crippen LogP contribution >= 0.6 is 0 Å². The fourth-order valence-electron chi connectivity index (χ4n) is 0.843. The fourth-order valence-corrected chi connectivity index (χ4v) is 0.843. The molecule has 1 heterocycles. The van der Waals surface area contributed by atoms with Crippen LogP contribution in [0.1, 0.15) is 13.8 Å². The molecule has 1 aromatic heterocycles. The van der Waals surface area contributed by atoms with Crippen molar-refractivity contribution >= 4 is 12.2 Å². The van der Waals surface area contributed by atoms with E-state index < -0.39 is 11.9 Å². The quantitative estimate of drug-likeness (QED) is 0.561. The molecule has 0 bridgehead atoms. The van der Waals surface area contributed by atoms with E-state index in [1.54, 1.807) is 26.0 Å². The van der Waals surface area contributed by atoms with Crippen LogP contribution in [0.15, 0.2) is 0 Å². The van der Waals surface area contributed by atoms with Gasteiger partial charge in [-0.05, 0) is 13.8 Å². The van der Waals surface area contributed by atoms with Crippen molar-refractivity contribution in [3.05, 3.63) is 22.6 Å². The highest BCUT2D eigenvalue weighted by molar-refractivity contribution is 5.21. The highest BCUT2D eigenvalue weighted by Gasteiger charge is 2.02. The zero-order valence-corrected chi connectivity index (χ0v) is 6.81. The first kappa shape index (κ1) is 8.77. The van der Waals surface area contributed by atoms with Crippen molar-refractivity contribution in [2.75, 3.05) is 0 Å². The summed E-state index contributed by atoms with van der Waals surface area (Å²) in [4.78, 5) is 6.74. The van der Waals surface area contributed by atoms with Crippen LogP contribution < -0.4 is 10.7 Å². The monoisotopic (exact) mass is 170 g/mol. The number of hydrogen-bond donors (Lipinski definition) is 0. The molecule has 4 heteroatoms. The summed E-state index contributed by atoms with van der Waals surface area (Å²) in [6.45, 7) is 3.38. The fraction of sp³-hybridized carbons (Fsp3) is 0.250. The maximum atomic E-state index is 12.5. The Morgan fingerprint density at radius 1 is 0.917 bits per heavy atom. The van der Waals surface area contributed by atoms with Gasteiger partial charge < -0.3 is 0 Å². The Morgan fingerprint density at radius 3 is 1.50 bits per heavy atom. The SMILES string of the molecule is C/C=c1/nc(F)c(F)n/c1=C/C. The first-order valence-corrected chi connectivity index (χ1v) is 3.50. The molecule has 12 heavy (non-hydrogen) atoms. The molecule has 0 N–H and O–H groups in total. The van der Waals surface area contributed by atoms with Gasteiger partial charge in [-0.25, -0.2) is 9.97 Å². The second kappa shape index (κ2) is 3.38. The van der Waals surface area contributed by atoms with Gasteiger partial charge in [0.25, 0.3) is 11.9 Å². The molecule has 0 saturated heterocycles. The molecule has 0 aliphatic carbocycles. The average Bonchev–Trinajstić information content (AvgIpc) is 2.09. The average molecular weight is 170 g/mol. The van der Waals surface area contributed by atoms with Gasteiger partial charge in [0, 0.05) is 0 Å². The van der Waals surface area contributed by atoms with Crippen LogP contribution in [0, 0.1) is 11.9 Å². The van der Waals surface area contributed by atoms with Crippen LogP contribution in [0.2, 0.25) is 0 Å². The highest BCUT2D eigenvalue weighted by Crippen LogP contribution is 1.89. The number of nitrogens with zero attached hydrogens (tertiary/aromatic N) is 2. The molecule has 1 aromatic rings. The lowest BCUT2D eigenvalue weighted by molar-refractivity contribution is 0.446. The van der Waals surface area contributed by atoms with Gasteiger partial charge in [-0.3, -0.25) is 0 Å². The van der Waals surface area contributed by atoms with Gasteiger partial charge in [0.1, 0.15) is 0 Å². The van der Waals surface area contributed by atoms with Crippen molar-refractivity contribution in [2.45, 2.75) is 13.8 Å². The molecule has 0 radical (unpaired) electrons. The molecule has 64 valence electrons. The van der Waals surface area contributed by atoms with Crippen molar-refractivity contribution < 1.29 is 8.78 Å². The van der Waals surface area contributed by atoms with Crippen LogP contribution in [-0.4, -0.2) is 9.97 Å². The van der Waals surface area contributed by atoms with Crippen molar-refractivity contribution in [3.8, 4) is 0 Å². The molecule has 0 unspecified atom stereocenters. The summed E-state index contributed by atoms with van der Waals surface area (Å²) < 4.78 is 25.0. The third-order valence-electron chi connectivity index (χ3n) is 1.42. The Bertz CT molecular complexity index is 359. The molecular weight excluding hydrogens is 162 g/mol. The van der Waals surface area contributed by atoms with Crippen molar-refractivity contribution in [1.82, 2.24) is 9.97 Å². The van der Waals surface area contributed by atoms with Gasteiger partial charge >= 0.3 is 0 Å². The van der Waals surface area contributed by atoms with Gasteiger partial charge in [-0.2, -0.15) is 8.78 Å². The first-order valence-electron chi connectivity index (χ1n) is 3.50. The standard InChI is InChI=1S/C8H8F2N2/c1-3-5-6(4-2)12-8(10)7(9)11-5/h3-4H,1-2H3/b5-3+,6-4+. The van der Waals surface area contributed by atoms with E-state index in [2.05, 4.69) is 9.97 Å². The molecule has 0 atom stereocenters. The Balaban J connectivity index is 3.63. The second-order valence-electron chi connectivity index (χ2n) is 2.15. The minimum absolute atomic E-state index is 0.358. The molecule has 0 amide bonds. The van der Waals surface area contributed by atoms with E-state index in [0.29, 0.717) is 10.7 Å². The van der Waals surface area contributed by atoms with Gasteiger partial charge in [-0.15, -0.1) is 0 Å². The third kappa shape index (κ3) is 1.47. The van der Waals surface area contributed by atoms with Gasteiger partial charge in [-0.1, -0.05) is 12.2 Å². The van der Waals surface area contributed by atoms with Gasteiger partial charge in [0.05, 0.1) is 10.7 Å². The number of rotatable bonds is 0. The zero-order valence-electron chi connectivity index (χ0n) is 6.81. The third-order valence-corrected chi connectivity index (χ3v) is 1.42.